The van der Waals surface area contributed by atoms with E-state index in [9.17, 15) is 0 Å². The molecule has 0 aliphatic rings. The van der Waals surface area contributed by atoms with E-state index in [1.807, 2.05) is 0 Å². The van der Waals surface area contributed by atoms with Crippen LogP contribution < -0.4 is 0 Å². The first-order valence-electron chi connectivity index (χ1n) is 5.23. The minimum atomic E-state index is 0. The van der Waals surface area contributed by atoms with E-state index in [0.717, 1.165) is 0 Å². The molecule has 13 heavy (non-hydrogen) atoms. The summed E-state index contributed by atoms with van der Waals surface area (Å²) in [5, 5.41) is 0. The average molecular weight is 195 g/mol. The molecule has 0 aromatic rings. The summed E-state index contributed by atoms with van der Waals surface area (Å²) >= 11 is 0. The van der Waals surface area contributed by atoms with Crippen molar-refractivity contribution in [2.24, 2.45) is 0 Å². The molecular weight excluding hydrogens is 168 g/mol. The Labute approximate surface area is 102 Å². The van der Waals surface area contributed by atoms with E-state index in [1.54, 1.807) is 0 Å². The summed E-state index contributed by atoms with van der Waals surface area (Å²) in [5.74, 6) is 0. The quantitative estimate of drug-likeness (QED) is 0.305. The van der Waals surface area contributed by atoms with E-state index < -0.39 is 0 Å². The SMILES string of the molecule is CCCCC[CH-]CCCCC.[CH3-].[Mg+2]. The van der Waals surface area contributed by atoms with Crippen molar-refractivity contribution in [3.8, 4) is 0 Å². The van der Waals surface area contributed by atoms with Crippen molar-refractivity contribution in [3.05, 3.63) is 13.8 Å². The molecule has 0 bridgehead atoms. The monoisotopic (exact) mass is 194 g/mol. The van der Waals surface area contributed by atoms with Gasteiger partial charge in [0, 0.05) is 0 Å². The maximum atomic E-state index is 2.46. The Hall–Kier alpha value is 0.766. The van der Waals surface area contributed by atoms with Crippen LogP contribution in [0, 0.1) is 13.8 Å². The molecule has 0 rings (SSSR count). The van der Waals surface area contributed by atoms with Gasteiger partial charge in [-0.2, -0.15) is 12.8 Å². The molecule has 0 radical (unpaired) electrons. The third-order valence-electron chi connectivity index (χ3n) is 2.02. The Morgan fingerprint density at radius 1 is 0.769 bits per heavy atom. The van der Waals surface area contributed by atoms with Gasteiger partial charge in [-0.3, -0.25) is 0 Å². The van der Waals surface area contributed by atoms with Crippen LogP contribution in [-0.2, 0) is 0 Å². The summed E-state index contributed by atoms with van der Waals surface area (Å²) in [6, 6.07) is 0. The fraction of sp³-hybridized carbons (Fsp3) is 0.833. The molecule has 0 spiro atoms. The van der Waals surface area contributed by atoms with E-state index in [1.165, 1.54) is 51.4 Å². The maximum Gasteiger partial charge on any atom is 2.00 e. The summed E-state index contributed by atoms with van der Waals surface area (Å²) in [5.41, 5.74) is 0. The Balaban J connectivity index is -0.000000500. The van der Waals surface area contributed by atoms with Gasteiger partial charge < -0.3 is 13.8 Å². The fourth-order valence-corrected chi connectivity index (χ4v) is 1.22. The van der Waals surface area contributed by atoms with Crippen LogP contribution in [0.1, 0.15) is 65.2 Å². The van der Waals surface area contributed by atoms with Gasteiger partial charge in [0.2, 0.25) is 0 Å². The number of unbranched alkanes of at least 4 members (excludes halogenated alkanes) is 8. The van der Waals surface area contributed by atoms with Crippen molar-refractivity contribution in [1.82, 2.24) is 0 Å². The molecule has 0 atom stereocenters. The number of hydrogen-bond acceptors (Lipinski definition) is 0. The molecule has 0 saturated heterocycles. The third-order valence-corrected chi connectivity index (χ3v) is 2.02. The Morgan fingerprint density at radius 2 is 1.15 bits per heavy atom. The van der Waals surface area contributed by atoms with E-state index >= 15 is 0 Å². The number of hydrogen-bond donors (Lipinski definition) is 0. The molecule has 0 N–H and O–H groups in total. The minimum Gasteiger partial charge on any atom is -0.358 e. The Morgan fingerprint density at radius 3 is 1.46 bits per heavy atom. The first kappa shape index (κ1) is 19.4. The zero-order valence-electron chi connectivity index (χ0n) is 9.94. The van der Waals surface area contributed by atoms with Crippen molar-refractivity contribution in [3.63, 3.8) is 0 Å². The summed E-state index contributed by atoms with van der Waals surface area (Å²) in [4.78, 5) is 0. The molecule has 0 aromatic carbocycles. The topological polar surface area (TPSA) is 0 Å². The van der Waals surface area contributed by atoms with Crippen LogP contribution in [0.2, 0.25) is 0 Å². The second-order valence-corrected chi connectivity index (χ2v) is 3.28. The fourth-order valence-electron chi connectivity index (χ4n) is 1.22. The van der Waals surface area contributed by atoms with Crippen LogP contribution in [0.15, 0.2) is 0 Å². The van der Waals surface area contributed by atoms with Gasteiger partial charge in [0.15, 0.2) is 0 Å². The zero-order valence-corrected chi connectivity index (χ0v) is 11.4. The predicted octanol–water partition coefficient (Wildman–Crippen LogP) is 4.42. The van der Waals surface area contributed by atoms with Crippen molar-refractivity contribution in [1.29, 1.82) is 0 Å². The third kappa shape index (κ3) is 19.3. The molecule has 0 aliphatic heterocycles. The summed E-state index contributed by atoms with van der Waals surface area (Å²) in [6.07, 6.45) is 13.5. The molecule has 0 aliphatic carbocycles. The average Bonchev–Trinajstić information content (AvgIpc) is 2.03. The van der Waals surface area contributed by atoms with Gasteiger partial charge >= 0.3 is 23.1 Å². The summed E-state index contributed by atoms with van der Waals surface area (Å²) in [6.45, 7) is 4.52. The minimum absolute atomic E-state index is 0. The van der Waals surface area contributed by atoms with Crippen molar-refractivity contribution in [2.45, 2.75) is 65.2 Å². The van der Waals surface area contributed by atoms with Gasteiger partial charge in [-0.15, -0.1) is 0 Å². The summed E-state index contributed by atoms with van der Waals surface area (Å²) < 4.78 is 0. The first-order valence-corrected chi connectivity index (χ1v) is 5.23. The second-order valence-electron chi connectivity index (χ2n) is 3.28. The van der Waals surface area contributed by atoms with Crippen LogP contribution in [0.25, 0.3) is 0 Å². The van der Waals surface area contributed by atoms with Crippen LogP contribution >= 0.6 is 0 Å². The van der Waals surface area contributed by atoms with Crippen molar-refractivity contribution >= 4 is 23.1 Å². The second kappa shape index (κ2) is 18.5. The molecular formula is C12H26Mg. The smallest absolute Gasteiger partial charge is 0.358 e. The normalized spacial score (nSPS) is 8.77. The van der Waals surface area contributed by atoms with Gasteiger partial charge in [0.1, 0.15) is 0 Å². The zero-order chi connectivity index (χ0) is 8.36. The van der Waals surface area contributed by atoms with E-state index in [-0.39, 0.29) is 30.5 Å². The van der Waals surface area contributed by atoms with Crippen molar-refractivity contribution in [2.75, 3.05) is 0 Å². The molecule has 0 fully saturated rings. The van der Waals surface area contributed by atoms with E-state index in [2.05, 4.69) is 20.3 Å². The van der Waals surface area contributed by atoms with Crippen molar-refractivity contribution < 1.29 is 0 Å². The largest absolute Gasteiger partial charge is 2.00 e. The van der Waals surface area contributed by atoms with E-state index in [4.69, 9.17) is 0 Å². The van der Waals surface area contributed by atoms with Gasteiger partial charge in [0.05, 0.1) is 0 Å². The van der Waals surface area contributed by atoms with Gasteiger partial charge in [-0.05, 0) is 0 Å². The molecule has 0 amide bonds. The van der Waals surface area contributed by atoms with Crippen LogP contribution in [0.4, 0.5) is 0 Å². The van der Waals surface area contributed by atoms with Crippen LogP contribution in [0.5, 0.6) is 0 Å². The predicted molar refractivity (Wildman–Crippen MR) is 64.8 cm³/mol. The Kier molecular flexibility index (Phi) is 27.6. The van der Waals surface area contributed by atoms with Gasteiger partial charge in [-0.1, -0.05) is 52.4 Å². The summed E-state index contributed by atoms with van der Waals surface area (Å²) in [7, 11) is 0. The molecule has 0 heterocycles. The maximum absolute atomic E-state index is 2.46. The molecule has 0 unspecified atom stereocenters. The molecule has 0 nitrogen and oxygen atoms in total. The molecule has 0 saturated carbocycles. The Bertz CT molecular complexity index is 54.1. The molecule has 0 aromatic heterocycles. The van der Waals surface area contributed by atoms with E-state index in [0.29, 0.717) is 0 Å². The standard InChI is InChI=1S/C11H23.CH3.Mg/c1-3-5-7-9-11-10-8-6-4-2;;/h11H,3-10H2,1-2H3;1H3;/q2*-1;+2. The van der Waals surface area contributed by atoms with Crippen LogP contribution in [0.3, 0.4) is 0 Å². The number of rotatable bonds is 8. The molecule has 1 heteroatoms. The van der Waals surface area contributed by atoms with Gasteiger partial charge in [0.25, 0.3) is 0 Å². The first-order chi connectivity index (χ1) is 5.41. The van der Waals surface area contributed by atoms with Crippen LogP contribution in [-0.4, -0.2) is 23.1 Å². The van der Waals surface area contributed by atoms with Gasteiger partial charge in [-0.25, -0.2) is 0 Å². The molecule has 76 valence electrons.